The molecule has 9 heteroatoms. The number of hydrogen-bond acceptors (Lipinski definition) is 6. The molecule has 0 N–H and O–H groups in total. The first-order chi connectivity index (χ1) is 18.7. The minimum atomic E-state index is -4.08. The molecule has 0 aliphatic rings. The Bertz CT molecular complexity index is 727. The molecule has 0 bridgehead atoms. The van der Waals surface area contributed by atoms with Gasteiger partial charge < -0.3 is 0 Å². The molecule has 220 valence electrons. The third-order valence-electron chi connectivity index (χ3n) is 6.07. The molecule has 0 aromatic heterocycles. The summed E-state index contributed by atoms with van der Waals surface area (Å²) in [5.41, 5.74) is 0. The van der Waals surface area contributed by atoms with Gasteiger partial charge in [-0.2, -0.15) is 0 Å². The van der Waals surface area contributed by atoms with Gasteiger partial charge in [0, 0.05) is 0 Å². The van der Waals surface area contributed by atoms with E-state index in [0.29, 0.717) is 47.9 Å². The van der Waals surface area contributed by atoms with E-state index in [9.17, 15) is 19.2 Å². The van der Waals surface area contributed by atoms with Crippen molar-refractivity contribution in [2.45, 2.75) is 86.9 Å². The van der Waals surface area contributed by atoms with Gasteiger partial charge in [0.25, 0.3) is 0 Å². The second kappa shape index (κ2) is 22.5. The molecule has 0 aliphatic carbocycles. The van der Waals surface area contributed by atoms with Crippen LogP contribution in [0.2, 0.25) is 8.87 Å². The first-order valence-electron chi connectivity index (χ1n) is 14.1. The predicted octanol–water partition coefficient (Wildman–Crippen LogP) is 5.86. The van der Waals surface area contributed by atoms with Crippen LogP contribution in [0.25, 0.3) is 0 Å². The van der Waals surface area contributed by atoms with Crippen LogP contribution in [0.3, 0.4) is 0 Å². The Morgan fingerprint density at radius 2 is 0.923 bits per heavy atom. The molecule has 0 aliphatic heterocycles. The maximum absolute atomic E-state index is 12.9. The first-order valence-corrected chi connectivity index (χ1v) is 20.5. The monoisotopic (exact) mass is 654 g/mol. The third kappa shape index (κ3) is 16.4. The fourth-order valence-electron chi connectivity index (χ4n) is 4.02. The van der Waals surface area contributed by atoms with Crippen molar-refractivity contribution in [3.63, 3.8) is 0 Å². The van der Waals surface area contributed by atoms with Gasteiger partial charge in [-0.15, -0.1) is 0 Å². The van der Waals surface area contributed by atoms with E-state index in [-0.39, 0.29) is 37.5 Å². The van der Waals surface area contributed by atoms with Gasteiger partial charge in [-0.25, -0.2) is 0 Å². The van der Waals surface area contributed by atoms with Crippen molar-refractivity contribution in [1.29, 1.82) is 0 Å². The van der Waals surface area contributed by atoms with Crippen LogP contribution in [0.1, 0.15) is 78.1 Å². The van der Waals surface area contributed by atoms with E-state index in [1.807, 2.05) is 13.8 Å². The predicted molar refractivity (Wildman–Crippen MR) is 159 cm³/mol. The average molecular weight is 653 g/mol. The van der Waals surface area contributed by atoms with Gasteiger partial charge in [0.15, 0.2) is 0 Å². The van der Waals surface area contributed by atoms with Crippen LogP contribution in [0.4, 0.5) is 0 Å². The molecule has 0 fully saturated rings. The number of amides is 2. The molecular weight excluding hydrogens is 603 g/mol. The normalized spacial score (nSPS) is 10.7. The van der Waals surface area contributed by atoms with Crippen LogP contribution in [0.5, 0.6) is 0 Å². The van der Waals surface area contributed by atoms with Crippen molar-refractivity contribution in [2.24, 2.45) is 0 Å². The van der Waals surface area contributed by atoms with Crippen molar-refractivity contribution >= 4 is 43.0 Å². The van der Waals surface area contributed by atoms with E-state index in [1.165, 1.54) is 0 Å². The summed E-state index contributed by atoms with van der Waals surface area (Å²) < 4.78 is 13.3. The summed E-state index contributed by atoms with van der Waals surface area (Å²) >= 11 is -4.08. The Hall–Kier alpha value is -2.36. The fraction of sp³-hybridized carbons (Fsp3) is 0.600. The SMILES string of the molecule is C=CCN(CC=C)C(=O)CCCC(=O)[O][Sn]([CH2]CCC)([CH2]CCC)[O]C(=O)CCCC(=O)N(CC=C)CC=C. The van der Waals surface area contributed by atoms with Crippen molar-refractivity contribution < 1.29 is 25.3 Å². The molecule has 0 radical (unpaired) electrons. The molecule has 0 aromatic rings. The van der Waals surface area contributed by atoms with E-state index in [4.69, 9.17) is 6.15 Å². The van der Waals surface area contributed by atoms with Crippen LogP contribution in [0, 0.1) is 0 Å². The second-order valence-electron chi connectivity index (χ2n) is 9.53. The maximum atomic E-state index is 12.9. The summed E-state index contributed by atoms with van der Waals surface area (Å²) in [6.45, 7) is 20.5. The van der Waals surface area contributed by atoms with E-state index in [0.717, 1.165) is 25.7 Å². The zero-order valence-corrected chi connectivity index (χ0v) is 27.1. The Labute approximate surface area is 241 Å². The van der Waals surface area contributed by atoms with Gasteiger partial charge in [0.05, 0.1) is 0 Å². The summed E-state index contributed by atoms with van der Waals surface area (Å²) in [5.74, 6) is -0.959. The van der Waals surface area contributed by atoms with Crippen LogP contribution in [-0.4, -0.2) is 78.9 Å². The molecule has 0 heterocycles. The summed E-state index contributed by atoms with van der Waals surface area (Å²) in [5, 5.41) is 0. The van der Waals surface area contributed by atoms with Crippen molar-refractivity contribution in [3.8, 4) is 0 Å². The van der Waals surface area contributed by atoms with E-state index in [1.54, 1.807) is 34.1 Å². The topological polar surface area (TPSA) is 93.2 Å². The molecule has 39 heavy (non-hydrogen) atoms. The molecule has 0 aromatic carbocycles. The molecule has 0 unspecified atom stereocenters. The Balaban J connectivity index is 5.20. The van der Waals surface area contributed by atoms with Gasteiger partial charge in [-0.3, -0.25) is 0 Å². The zero-order valence-electron chi connectivity index (χ0n) is 24.3. The van der Waals surface area contributed by atoms with Crippen LogP contribution < -0.4 is 0 Å². The van der Waals surface area contributed by atoms with Crippen LogP contribution >= 0.6 is 0 Å². The van der Waals surface area contributed by atoms with E-state index >= 15 is 0 Å². The minimum absolute atomic E-state index is 0.0740. The number of carbonyl (C=O) groups excluding carboxylic acids is 4. The molecule has 0 rings (SSSR count). The summed E-state index contributed by atoms with van der Waals surface area (Å²) in [6.07, 6.45) is 11.4. The Kier molecular flexibility index (Phi) is 21.1. The quantitative estimate of drug-likeness (QED) is 0.0958. The zero-order chi connectivity index (χ0) is 29.5. The second-order valence-corrected chi connectivity index (χ2v) is 18.7. The Morgan fingerprint density at radius 1 is 0.590 bits per heavy atom. The Morgan fingerprint density at radius 3 is 1.21 bits per heavy atom. The molecular formula is C30H50N2O6Sn. The standard InChI is InChI=1S/2C11H17NO3.2C4H9.Sn/c2*1-3-8-12(9-4-2)10(13)6-5-7-11(14)15;2*1-3-4-2;/h2*3-4H,1-2,5-9H2,(H,14,15);2*1,3-4H2,2H3;/q;;;;+2/p-2. The van der Waals surface area contributed by atoms with Gasteiger partial charge in [0.1, 0.15) is 0 Å². The molecule has 0 spiro atoms. The first kappa shape index (κ1) is 36.6. The third-order valence-corrected chi connectivity index (χ3v) is 15.9. The number of carbonyl (C=O) groups is 4. The number of nitrogens with zero attached hydrogens (tertiary/aromatic N) is 2. The van der Waals surface area contributed by atoms with Gasteiger partial charge in [-0.05, 0) is 0 Å². The van der Waals surface area contributed by atoms with Crippen molar-refractivity contribution in [1.82, 2.24) is 9.80 Å². The average Bonchev–Trinajstić information content (AvgIpc) is 2.90. The molecule has 0 atom stereocenters. The molecule has 2 amide bonds. The number of hydrogen-bond donors (Lipinski definition) is 0. The van der Waals surface area contributed by atoms with Crippen molar-refractivity contribution in [2.75, 3.05) is 26.2 Å². The van der Waals surface area contributed by atoms with Gasteiger partial charge in [0.2, 0.25) is 0 Å². The molecule has 8 nitrogen and oxygen atoms in total. The number of unbranched alkanes of at least 4 members (excludes halogenated alkanes) is 2. The summed E-state index contributed by atoms with van der Waals surface area (Å²) in [7, 11) is 0. The fourth-order valence-corrected chi connectivity index (χ4v) is 14.1. The molecule has 0 saturated carbocycles. The van der Waals surface area contributed by atoms with E-state index in [2.05, 4.69) is 26.3 Å². The van der Waals surface area contributed by atoms with Crippen molar-refractivity contribution in [3.05, 3.63) is 50.6 Å². The summed E-state index contributed by atoms with van der Waals surface area (Å²) in [6, 6.07) is 0. The van der Waals surface area contributed by atoms with Crippen LogP contribution in [0.15, 0.2) is 50.6 Å². The summed E-state index contributed by atoms with van der Waals surface area (Å²) in [4.78, 5) is 54.0. The molecule has 0 saturated heterocycles. The van der Waals surface area contributed by atoms with Crippen LogP contribution in [-0.2, 0) is 25.3 Å². The van der Waals surface area contributed by atoms with Gasteiger partial charge in [-0.1, -0.05) is 0 Å². The van der Waals surface area contributed by atoms with Gasteiger partial charge >= 0.3 is 242 Å². The van der Waals surface area contributed by atoms with E-state index < -0.39 is 31.1 Å². The number of rotatable bonds is 24.